The van der Waals surface area contributed by atoms with Gasteiger partial charge in [0.05, 0.1) is 5.97 Å². The number of carboxylic acid groups (broad SMARTS) is 1. The van der Waals surface area contributed by atoms with Crippen LogP contribution in [0.5, 0.6) is 0 Å². The molecule has 0 bridgehead atoms. The zero-order chi connectivity index (χ0) is 10.8. The lowest BCUT2D eigenvalue weighted by atomic mass is 10.0. The number of rotatable bonds is 2. The Bertz CT molecular complexity index is 541. The van der Waals surface area contributed by atoms with E-state index >= 15 is 0 Å². The van der Waals surface area contributed by atoms with Crippen molar-refractivity contribution in [3.63, 3.8) is 0 Å². The number of hydrogen-bond acceptors (Lipinski definition) is 2. The third kappa shape index (κ3) is 1.50. The predicted molar refractivity (Wildman–Crippen MR) is 58.4 cm³/mol. The molecule has 2 heteroatoms. The van der Waals surface area contributed by atoms with Crippen LogP contribution in [0.15, 0.2) is 43.0 Å². The number of carboxylic acids is 1. The fourth-order valence-electron chi connectivity index (χ4n) is 1.69. The monoisotopic (exact) mass is 197 g/mol. The average Bonchev–Trinajstić information content (AvgIpc) is 2.27. The third-order valence-corrected chi connectivity index (χ3v) is 2.40. The van der Waals surface area contributed by atoms with Crippen molar-refractivity contribution in [2.24, 2.45) is 0 Å². The molecule has 0 N–H and O–H groups in total. The molecule has 0 amide bonds. The first-order chi connectivity index (χ1) is 7.24. The Morgan fingerprint density at radius 2 is 1.80 bits per heavy atom. The van der Waals surface area contributed by atoms with E-state index in [1.54, 1.807) is 24.3 Å². The fourth-order valence-corrected chi connectivity index (χ4v) is 1.69. The van der Waals surface area contributed by atoms with Gasteiger partial charge in [0.1, 0.15) is 0 Å². The quantitative estimate of drug-likeness (QED) is 0.737. The van der Waals surface area contributed by atoms with Crippen LogP contribution in [-0.2, 0) is 0 Å². The molecule has 74 valence electrons. The summed E-state index contributed by atoms with van der Waals surface area (Å²) in [6.45, 7) is 3.69. The van der Waals surface area contributed by atoms with Crippen LogP contribution in [0.1, 0.15) is 15.9 Å². The summed E-state index contributed by atoms with van der Waals surface area (Å²) in [6, 6.07) is 10.6. The standard InChI is InChI=1S/C13H10O2/c1-2-9-5-3-7-11-10(9)6-4-8-12(11)13(14)15/h2-8H,1H2,(H,14,15)/p-1. The minimum atomic E-state index is -1.15. The van der Waals surface area contributed by atoms with Crippen molar-refractivity contribution in [3.05, 3.63) is 54.1 Å². The second-order valence-corrected chi connectivity index (χ2v) is 3.24. The lowest BCUT2D eigenvalue weighted by Gasteiger charge is -2.08. The van der Waals surface area contributed by atoms with Gasteiger partial charge in [-0.1, -0.05) is 49.1 Å². The van der Waals surface area contributed by atoms with Gasteiger partial charge in [0.25, 0.3) is 0 Å². The number of aromatic carboxylic acids is 1. The number of carbonyl (C=O) groups is 1. The van der Waals surface area contributed by atoms with Crippen LogP contribution in [0.3, 0.4) is 0 Å². The van der Waals surface area contributed by atoms with Crippen molar-refractivity contribution in [1.82, 2.24) is 0 Å². The molecule has 0 spiro atoms. The van der Waals surface area contributed by atoms with Crippen molar-refractivity contribution in [3.8, 4) is 0 Å². The molecule has 15 heavy (non-hydrogen) atoms. The summed E-state index contributed by atoms with van der Waals surface area (Å²) in [4.78, 5) is 10.9. The van der Waals surface area contributed by atoms with E-state index in [2.05, 4.69) is 6.58 Å². The Hall–Kier alpha value is -2.09. The largest absolute Gasteiger partial charge is 0.545 e. The number of hydrogen-bond donors (Lipinski definition) is 0. The summed E-state index contributed by atoms with van der Waals surface area (Å²) >= 11 is 0. The average molecular weight is 197 g/mol. The molecule has 0 radical (unpaired) electrons. The van der Waals surface area contributed by atoms with E-state index in [9.17, 15) is 9.90 Å². The summed E-state index contributed by atoms with van der Waals surface area (Å²) in [5.74, 6) is -1.15. The topological polar surface area (TPSA) is 40.1 Å². The number of fused-ring (bicyclic) bond motifs is 1. The summed E-state index contributed by atoms with van der Waals surface area (Å²) in [5, 5.41) is 12.5. The highest BCUT2D eigenvalue weighted by Crippen LogP contribution is 2.22. The van der Waals surface area contributed by atoms with E-state index in [1.165, 1.54) is 0 Å². The normalized spacial score (nSPS) is 10.1. The molecule has 2 nitrogen and oxygen atoms in total. The second kappa shape index (κ2) is 3.58. The van der Waals surface area contributed by atoms with E-state index in [1.807, 2.05) is 18.2 Å². The number of carbonyl (C=O) groups excluding carboxylic acids is 1. The zero-order valence-corrected chi connectivity index (χ0v) is 8.07. The van der Waals surface area contributed by atoms with Crippen molar-refractivity contribution in [1.29, 1.82) is 0 Å². The van der Waals surface area contributed by atoms with Crippen molar-refractivity contribution in [2.45, 2.75) is 0 Å². The maximum atomic E-state index is 10.9. The van der Waals surface area contributed by atoms with Gasteiger partial charge in [-0.15, -0.1) is 0 Å². The molecule has 0 fully saturated rings. The molecule has 0 aromatic heterocycles. The molecule has 2 aromatic carbocycles. The molecule has 0 heterocycles. The Balaban J connectivity index is 2.88. The van der Waals surface area contributed by atoms with Crippen molar-refractivity contribution < 1.29 is 9.90 Å². The van der Waals surface area contributed by atoms with Gasteiger partial charge in [0.15, 0.2) is 0 Å². The van der Waals surface area contributed by atoms with E-state index in [0.29, 0.717) is 5.39 Å². The highest BCUT2D eigenvalue weighted by atomic mass is 16.4. The minimum absolute atomic E-state index is 0.219. The smallest absolute Gasteiger partial charge is 0.0721 e. The van der Waals surface area contributed by atoms with Crippen LogP contribution in [-0.4, -0.2) is 5.97 Å². The Labute approximate surface area is 87.5 Å². The molecular formula is C13H9O2-. The minimum Gasteiger partial charge on any atom is -0.545 e. The van der Waals surface area contributed by atoms with Gasteiger partial charge in [-0.25, -0.2) is 0 Å². The molecule has 0 unspecified atom stereocenters. The van der Waals surface area contributed by atoms with Gasteiger partial charge in [0, 0.05) is 5.56 Å². The third-order valence-electron chi connectivity index (χ3n) is 2.40. The van der Waals surface area contributed by atoms with Crippen LogP contribution in [0, 0.1) is 0 Å². The van der Waals surface area contributed by atoms with Gasteiger partial charge in [0.2, 0.25) is 0 Å². The van der Waals surface area contributed by atoms with Gasteiger partial charge in [-0.2, -0.15) is 0 Å². The molecule has 0 aliphatic carbocycles. The van der Waals surface area contributed by atoms with Crippen LogP contribution in [0.4, 0.5) is 0 Å². The van der Waals surface area contributed by atoms with E-state index < -0.39 is 5.97 Å². The van der Waals surface area contributed by atoms with Gasteiger partial charge in [-0.05, 0) is 16.3 Å². The van der Waals surface area contributed by atoms with Crippen LogP contribution in [0.25, 0.3) is 16.8 Å². The Morgan fingerprint density at radius 1 is 1.13 bits per heavy atom. The maximum absolute atomic E-state index is 10.9. The van der Waals surface area contributed by atoms with E-state index in [-0.39, 0.29) is 5.56 Å². The highest BCUT2D eigenvalue weighted by molar-refractivity contribution is 6.04. The molecule has 2 rings (SSSR count). The predicted octanol–water partition coefficient (Wildman–Crippen LogP) is 1.85. The molecule has 2 aromatic rings. The van der Waals surface area contributed by atoms with Crippen molar-refractivity contribution in [2.75, 3.05) is 0 Å². The van der Waals surface area contributed by atoms with Crippen LogP contribution < -0.4 is 5.11 Å². The summed E-state index contributed by atoms with van der Waals surface area (Å²) < 4.78 is 0. The fraction of sp³-hybridized carbons (Fsp3) is 0. The Morgan fingerprint density at radius 3 is 2.47 bits per heavy atom. The Kier molecular flexibility index (Phi) is 2.26. The molecular weight excluding hydrogens is 188 g/mol. The summed E-state index contributed by atoms with van der Waals surface area (Å²) in [7, 11) is 0. The summed E-state index contributed by atoms with van der Waals surface area (Å²) in [5.41, 5.74) is 1.15. The number of benzene rings is 2. The lowest BCUT2D eigenvalue weighted by Crippen LogP contribution is -2.22. The van der Waals surface area contributed by atoms with Crippen LogP contribution in [0.2, 0.25) is 0 Å². The van der Waals surface area contributed by atoms with Gasteiger partial charge >= 0.3 is 0 Å². The molecule has 0 atom stereocenters. The van der Waals surface area contributed by atoms with Gasteiger partial charge in [-0.3, -0.25) is 0 Å². The first-order valence-electron chi connectivity index (χ1n) is 4.59. The molecule has 0 saturated heterocycles. The van der Waals surface area contributed by atoms with Crippen molar-refractivity contribution >= 4 is 22.8 Å². The first kappa shape index (κ1) is 9.46. The highest BCUT2D eigenvalue weighted by Gasteiger charge is 2.02. The zero-order valence-electron chi connectivity index (χ0n) is 8.07. The molecule has 0 saturated carbocycles. The summed E-state index contributed by atoms with van der Waals surface area (Å²) in [6.07, 6.45) is 1.71. The second-order valence-electron chi connectivity index (χ2n) is 3.24. The molecule has 0 aliphatic rings. The van der Waals surface area contributed by atoms with Crippen LogP contribution >= 0.6 is 0 Å². The SMILES string of the molecule is C=Cc1cccc2c(C(=O)[O-])cccc12. The molecule has 0 aliphatic heterocycles. The first-order valence-corrected chi connectivity index (χ1v) is 4.59. The maximum Gasteiger partial charge on any atom is 0.0721 e. The van der Waals surface area contributed by atoms with E-state index in [0.717, 1.165) is 10.9 Å². The van der Waals surface area contributed by atoms with E-state index in [4.69, 9.17) is 0 Å². The van der Waals surface area contributed by atoms with Gasteiger partial charge < -0.3 is 9.90 Å². The lowest BCUT2D eigenvalue weighted by molar-refractivity contribution is -0.254.